The number of amides is 3. The number of likely N-dealkylation sites (N-methyl/N-ethyl adjacent to an activating group) is 1. The summed E-state index contributed by atoms with van der Waals surface area (Å²) in [6.45, 7) is 9.00. The lowest BCUT2D eigenvalue weighted by molar-refractivity contribution is -0.131. The summed E-state index contributed by atoms with van der Waals surface area (Å²) < 4.78 is 0. The zero-order chi connectivity index (χ0) is 17.2. The number of carbonyl (C=O) groups excluding carboxylic acids is 2. The minimum Gasteiger partial charge on any atom is -0.355 e. The molecule has 2 aliphatic rings. The van der Waals surface area contributed by atoms with Crippen molar-refractivity contribution in [2.45, 2.75) is 63.5 Å². The van der Waals surface area contributed by atoms with Crippen molar-refractivity contribution in [3.05, 3.63) is 0 Å². The molecule has 3 amide bonds. The minimum absolute atomic E-state index is 0.0464. The van der Waals surface area contributed by atoms with Crippen LogP contribution in [0.1, 0.15) is 40.5 Å². The first-order valence-corrected chi connectivity index (χ1v) is 9.48. The molecule has 2 saturated heterocycles. The SMILES string of the molecule is CC(C)CCCNC(=O)C(C)(C)N(C)C1SC[C@@H]2NC(=O)N[C@H]12. The van der Waals surface area contributed by atoms with Crippen molar-refractivity contribution in [3.8, 4) is 0 Å². The third kappa shape index (κ3) is 4.12. The van der Waals surface area contributed by atoms with E-state index in [1.807, 2.05) is 20.9 Å². The van der Waals surface area contributed by atoms with E-state index in [-0.39, 0.29) is 29.4 Å². The maximum atomic E-state index is 12.6. The first-order valence-electron chi connectivity index (χ1n) is 8.43. The summed E-state index contributed by atoms with van der Waals surface area (Å²) in [5, 5.41) is 9.08. The van der Waals surface area contributed by atoms with Crippen LogP contribution in [0, 0.1) is 5.92 Å². The molecule has 23 heavy (non-hydrogen) atoms. The van der Waals surface area contributed by atoms with Gasteiger partial charge in [0, 0.05) is 12.3 Å². The van der Waals surface area contributed by atoms with Crippen LogP contribution in [0.3, 0.4) is 0 Å². The molecule has 0 spiro atoms. The summed E-state index contributed by atoms with van der Waals surface area (Å²) >= 11 is 1.79. The molecule has 132 valence electrons. The molecule has 2 aliphatic heterocycles. The van der Waals surface area contributed by atoms with Gasteiger partial charge in [-0.3, -0.25) is 9.69 Å². The Labute approximate surface area is 143 Å². The standard InChI is InChI=1S/C16H30N4O2S/c1-10(2)7-6-8-17-14(21)16(3,4)20(5)13-12-11(9-23-13)18-15(22)19-12/h10-13H,6-9H2,1-5H3,(H,17,21)(H2,18,19,22)/t11-,12-,13?/m0/s1. The summed E-state index contributed by atoms with van der Waals surface area (Å²) in [6.07, 6.45) is 2.13. The fourth-order valence-corrected chi connectivity index (χ4v) is 4.68. The maximum absolute atomic E-state index is 12.6. The summed E-state index contributed by atoms with van der Waals surface area (Å²) in [6, 6.07) is 0.116. The highest BCUT2D eigenvalue weighted by Crippen LogP contribution is 2.35. The second-order valence-electron chi connectivity index (χ2n) is 7.44. The molecule has 7 heteroatoms. The van der Waals surface area contributed by atoms with Gasteiger partial charge in [0.1, 0.15) is 0 Å². The van der Waals surface area contributed by atoms with Gasteiger partial charge in [-0.05, 0) is 39.7 Å². The van der Waals surface area contributed by atoms with Gasteiger partial charge in [0.05, 0.1) is 23.0 Å². The van der Waals surface area contributed by atoms with Crippen molar-refractivity contribution in [1.82, 2.24) is 20.9 Å². The van der Waals surface area contributed by atoms with E-state index >= 15 is 0 Å². The number of rotatable bonds is 7. The van der Waals surface area contributed by atoms with E-state index in [1.165, 1.54) is 0 Å². The summed E-state index contributed by atoms with van der Waals surface area (Å²) in [7, 11) is 1.97. The molecule has 3 N–H and O–H groups in total. The summed E-state index contributed by atoms with van der Waals surface area (Å²) in [5.74, 6) is 1.59. The number of hydrogen-bond donors (Lipinski definition) is 3. The Balaban J connectivity index is 1.90. The van der Waals surface area contributed by atoms with Crippen molar-refractivity contribution in [3.63, 3.8) is 0 Å². The van der Waals surface area contributed by atoms with Gasteiger partial charge in [0.15, 0.2) is 0 Å². The van der Waals surface area contributed by atoms with E-state index in [0.717, 1.165) is 25.1 Å². The summed E-state index contributed by atoms with van der Waals surface area (Å²) in [5.41, 5.74) is -0.613. The molecule has 0 saturated carbocycles. The number of fused-ring (bicyclic) bond motifs is 1. The number of nitrogens with one attached hydrogen (secondary N) is 3. The van der Waals surface area contributed by atoms with Gasteiger partial charge in [0.25, 0.3) is 0 Å². The van der Waals surface area contributed by atoms with Crippen LogP contribution in [0.4, 0.5) is 4.79 Å². The van der Waals surface area contributed by atoms with Crippen LogP contribution >= 0.6 is 11.8 Å². The van der Waals surface area contributed by atoms with Crippen LogP contribution in [0.2, 0.25) is 0 Å². The summed E-state index contributed by atoms with van der Waals surface area (Å²) in [4.78, 5) is 26.2. The second-order valence-corrected chi connectivity index (χ2v) is 8.59. The molecule has 0 aliphatic carbocycles. The number of hydrogen-bond acceptors (Lipinski definition) is 4. The van der Waals surface area contributed by atoms with Crippen LogP contribution in [0.25, 0.3) is 0 Å². The third-order valence-electron chi connectivity index (χ3n) is 4.86. The van der Waals surface area contributed by atoms with E-state index < -0.39 is 5.54 Å². The fraction of sp³-hybridized carbons (Fsp3) is 0.875. The highest BCUT2D eigenvalue weighted by Gasteiger charge is 2.48. The molecule has 0 aromatic heterocycles. The molecular weight excluding hydrogens is 312 g/mol. The molecule has 1 unspecified atom stereocenters. The van der Waals surface area contributed by atoms with Gasteiger partial charge in [-0.15, -0.1) is 11.8 Å². The Morgan fingerprint density at radius 1 is 1.43 bits per heavy atom. The average Bonchev–Trinajstić information content (AvgIpc) is 3.00. The predicted molar refractivity (Wildman–Crippen MR) is 94.4 cm³/mol. The van der Waals surface area contributed by atoms with Crippen LogP contribution in [0.5, 0.6) is 0 Å². The lowest BCUT2D eigenvalue weighted by atomic mass is 10.00. The van der Waals surface area contributed by atoms with E-state index in [9.17, 15) is 9.59 Å². The first kappa shape index (κ1) is 18.4. The molecule has 2 rings (SSSR count). The quantitative estimate of drug-likeness (QED) is 0.483. The number of nitrogens with zero attached hydrogens (tertiary/aromatic N) is 1. The van der Waals surface area contributed by atoms with Crippen molar-refractivity contribution in [1.29, 1.82) is 0 Å². The molecule has 0 bridgehead atoms. The number of thioether (sulfide) groups is 1. The van der Waals surface area contributed by atoms with Gasteiger partial charge in [-0.1, -0.05) is 13.8 Å². The largest absolute Gasteiger partial charge is 0.355 e. The molecule has 0 aromatic rings. The lowest BCUT2D eigenvalue weighted by Gasteiger charge is -2.39. The van der Waals surface area contributed by atoms with Gasteiger partial charge in [-0.25, -0.2) is 4.79 Å². The van der Waals surface area contributed by atoms with Gasteiger partial charge in [-0.2, -0.15) is 0 Å². The normalized spacial score (nSPS) is 27.1. The monoisotopic (exact) mass is 342 g/mol. The Hall–Kier alpha value is -0.950. The van der Waals surface area contributed by atoms with Crippen LogP contribution in [-0.4, -0.2) is 59.2 Å². The number of urea groups is 1. The van der Waals surface area contributed by atoms with Crippen LogP contribution in [0.15, 0.2) is 0 Å². The van der Waals surface area contributed by atoms with Crippen molar-refractivity contribution in [2.24, 2.45) is 5.92 Å². The molecular formula is C16H30N4O2S. The van der Waals surface area contributed by atoms with E-state index in [1.54, 1.807) is 11.8 Å². The van der Waals surface area contributed by atoms with Crippen LogP contribution < -0.4 is 16.0 Å². The zero-order valence-electron chi connectivity index (χ0n) is 14.8. The van der Waals surface area contributed by atoms with E-state index in [4.69, 9.17) is 0 Å². The zero-order valence-corrected chi connectivity index (χ0v) is 15.6. The van der Waals surface area contributed by atoms with E-state index in [2.05, 4.69) is 34.7 Å². The molecule has 2 heterocycles. The van der Waals surface area contributed by atoms with Crippen molar-refractivity contribution < 1.29 is 9.59 Å². The van der Waals surface area contributed by atoms with Gasteiger partial charge < -0.3 is 16.0 Å². The average molecular weight is 343 g/mol. The molecule has 6 nitrogen and oxygen atoms in total. The van der Waals surface area contributed by atoms with Gasteiger partial charge in [0.2, 0.25) is 5.91 Å². The van der Waals surface area contributed by atoms with Gasteiger partial charge >= 0.3 is 6.03 Å². The second kappa shape index (κ2) is 7.30. The van der Waals surface area contributed by atoms with Crippen molar-refractivity contribution in [2.75, 3.05) is 19.3 Å². The number of carbonyl (C=O) groups is 2. The molecule has 0 aromatic carbocycles. The predicted octanol–water partition coefficient (Wildman–Crippen LogP) is 1.37. The lowest BCUT2D eigenvalue weighted by Crippen LogP contribution is -2.59. The van der Waals surface area contributed by atoms with Crippen molar-refractivity contribution >= 4 is 23.7 Å². The minimum atomic E-state index is -0.613. The highest BCUT2D eigenvalue weighted by molar-refractivity contribution is 8.00. The molecule has 3 atom stereocenters. The Morgan fingerprint density at radius 3 is 2.78 bits per heavy atom. The van der Waals surface area contributed by atoms with Crippen LogP contribution in [-0.2, 0) is 4.79 Å². The Morgan fingerprint density at radius 2 is 2.13 bits per heavy atom. The topological polar surface area (TPSA) is 73.5 Å². The first-order chi connectivity index (χ1) is 10.7. The Bertz CT molecular complexity index is 455. The fourth-order valence-electron chi connectivity index (χ4n) is 3.03. The smallest absolute Gasteiger partial charge is 0.315 e. The highest BCUT2D eigenvalue weighted by atomic mass is 32.2. The Kier molecular flexibility index (Phi) is 5.84. The maximum Gasteiger partial charge on any atom is 0.315 e. The third-order valence-corrected chi connectivity index (χ3v) is 6.37. The molecule has 0 radical (unpaired) electrons. The van der Waals surface area contributed by atoms with E-state index in [0.29, 0.717) is 5.92 Å². The molecule has 2 fully saturated rings.